The molecule has 108 valence electrons. The van der Waals surface area contributed by atoms with Gasteiger partial charge in [-0.1, -0.05) is 13.3 Å². The van der Waals surface area contributed by atoms with Gasteiger partial charge in [0.25, 0.3) is 0 Å². The molecule has 0 aliphatic heterocycles. The summed E-state index contributed by atoms with van der Waals surface area (Å²) < 4.78 is 48.3. The largest absolute Gasteiger partial charge is 0.284 e. The van der Waals surface area contributed by atoms with E-state index in [0.717, 1.165) is 6.42 Å². The minimum Gasteiger partial charge on any atom is -0.284 e. The molecule has 0 saturated carbocycles. The molecular weight excluding hydrogens is 288 g/mol. The summed E-state index contributed by atoms with van der Waals surface area (Å²) in [6.45, 7) is 3.46. The van der Waals surface area contributed by atoms with E-state index in [-0.39, 0.29) is 10.6 Å². The molecule has 8 heteroatoms. The average Bonchev–Trinajstić information content (AvgIpc) is 2.24. The van der Waals surface area contributed by atoms with Crippen molar-refractivity contribution in [1.82, 2.24) is 0 Å². The molecule has 0 heterocycles. The normalized spacial score (nSPS) is 12.4. The number of unbranched alkanes of at least 4 members (excludes halogenated alkanes) is 1. The molecule has 0 atom stereocenters. The molecule has 0 saturated heterocycles. The highest BCUT2D eigenvalue weighted by Gasteiger charge is 2.14. The second kappa shape index (κ2) is 5.89. The van der Waals surface area contributed by atoms with Crippen LogP contribution >= 0.6 is 0 Å². The molecule has 1 rings (SSSR count). The van der Waals surface area contributed by atoms with Gasteiger partial charge in [-0.15, -0.1) is 0 Å². The van der Waals surface area contributed by atoms with Gasteiger partial charge in [-0.05, 0) is 37.1 Å². The first-order chi connectivity index (χ1) is 8.65. The third-order valence-corrected chi connectivity index (χ3v) is 4.97. The maximum atomic E-state index is 11.7. The molecule has 1 aromatic rings. The molecule has 0 fully saturated rings. The van der Waals surface area contributed by atoms with Gasteiger partial charge in [0, 0.05) is 5.69 Å². The van der Waals surface area contributed by atoms with Crippen LogP contribution in [0.25, 0.3) is 0 Å². The Hall–Kier alpha value is -1.12. The van der Waals surface area contributed by atoms with E-state index in [0.29, 0.717) is 17.7 Å². The van der Waals surface area contributed by atoms with Crippen molar-refractivity contribution in [2.24, 2.45) is 5.14 Å². The lowest BCUT2D eigenvalue weighted by Gasteiger charge is -2.10. The zero-order chi connectivity index (χ0) is 14.7. The van der Waals surface area contributed by atoms with Crippen molar-refractivity contribution < 1.29 is 16.8 Å². The van der Waals surface area contributed by atoms with Crippen LogP contribution in [-0.4, -0.2) is 22.6 Å². The summed E-state index contributed by atoms with van der Waals surface area (Å²) >= 11 is 0. The zero-order valence-corrected chi connectivity index (χ0v) is 12.5. The van der Waals surface area contributed by atoms with Crippen LogP contribution in [0.2, 0.25) is 0 Å². The molecule has 0 aromatic heterocycles. The topological polar surface area (TPSA) is 106 Å². The molecular formula is C11H18N2O4S2. The molecule has 6 nitrogen and oxygen atoms in total. The monoisotopic (exact) mass is 306 g/mol. The van der Waals surface area contributed by atoms with Crippen LogP contribution in [0.3, 0.4) is 0 Å². The minimum absolute atomic E-state index is 0.0102. The molecule has 0 spiro atoms. The van der Waals surface area contributed by atoms with Crippen LogP contribution in [0.15, 0.2) is 23.1 Å². The molecule has 0 amide bonds. The SMILES string of the molecule is CCCCS(=O)(=O)Nc1ccc(S(N)(=O)=O)c(C)c1. The fourth-order valence-corrected chi connectivity index (χ4v) is 3.62. The standard InChI is InChI=1S/C11H18N2O4S2/c1-3-4-7-18(14,15)13-10-5-6-11(9(2)8-10)19(12,16)17/h5-6,8,13H,3-4,7H2,1-2H3,(H2,12,16,17). The van der Waals surface area contributed by atoms with E-state index < -0.39 is 20.0 Å². The Morgan fingerprint density at radius 2 is 1.84 bits per heavy atom. The van der Waals surface area contributed by atoms with Gasteiger partial charge < -0.3 is 0 Å². The Labute approximate surface area is 114 Å². The predicted molar refractivity (Wildman–Crippen MR) is 74.9 cm³/mol. The number of anilines is 1. The van der Waals surface area contributed by atoms with E-state index in [1.807, 2.05) is 6.92 Å². The zero-order valence-electron chi connectivity index (χ0n) is 10.9. The number of benzene rings is 1. The summed E-state index contributed by atoms with van der Waals surface area (Å²) in [5.74, 6) is 0.0412. The number of primary sulfonamides is 1. The van der Waals surface area contributed by atoms with Crippen molar-refractivity contribution in [1.29, 1.82) is 0 Å². The van der Waals surface area contributed by atoms with E-state index in [1.165, 1.54) is 18.2 Å². The molecule has 1 aromatic carbocycles. The van der Waals surface area contributed by atoms with E-state index in [1.54, 1.807) is 6.92 Å². The smallest absolute Gasteiger partial charge is 0.238 e. The third-order valence-electron chi connectivity index (χ3n) is 2.52. The fraction of sp³-hybridized carbons (Fsp3) is 0.455. The predicted octanol–water partition coefficient (Wildman–Crippen LogP) is 1.18. The molecule has 0 unspecified atom stereocenters. The fourth-order valence-electron chi connectivity index (χ4n) is 1.60. The summed E-state index contributed by atoms with van der Waals surface area (Å²) in [4.78, 5) is -0.0102. The van der Waals surface area contributed by atoms with E-state index in [2.05, 4.69) is 4.72 Å². The highest BCUT2D eigenvalue weighted by molar-refractivity contribution is 7.92. The van der Waals surface area contributed by atoms with Crippen LogP contribution < -0.4 is 9.86 Å². The minimum atomic E-state index is -3.79. The number of nitrogens with two attached hydrogens (primary N) is 1. The summed E-state index contributed by atoms with van der Waals surface area (Å²) in [5.41, 5.74) is 0.735. The molecule has 19 heavy (non-hydrogen) atoms. The van der Waals surface area contributed by atoms with E-state index in [9.17, 15) is 16.8 Å². The number of hydrogen-bond acceptors (Lipinski definition) is 4. The van der Waals surface area contributed by atoms with Crippen molar-refractivity contribution in [2.45, 2.75) is 31.6 Å². The molecule has 0 bridgehead atoms. The summed E-state index contributed by atoms with van der Waals surface area (Å²) in [6.07, 6.45) is 1.36. The molecule has 0 aliphatic rings. The second-order valence-electron chi connectivity index (χ2n) is 4.30. The van der Waals surface area contributed by atoms with Crippen molar-refractivity contribution in [3.8, 4) is 0 Å². The highest BCUT2D eigenvalue weighted by atomic mass is 32.2. The van der Waals surface area contributed by atoms with Gasteiger partial charge >= 0.3 is 0 Å². The Bertz CT molecular complexity index is 651. The number of nitrogens with one attached hydrogen (secondary N) is 1. The van der Waals surface area contributed by atoms with Gasteiger partial charge in [0.2, 0.25) is 20.0 Å². The van der Waals surface area contributed by atoms with Crippen molar-refractivity contribution in [3.05, 3.63) is 23.8 Å². The molecule has 0 aliphatic carbocycles. The van der Waals surface area contributed by atoms with E-state index >= 15 is 0 Å². The van der Waals surface area contributed by atoms with Crippen LogP contribution in [0.4, 0.5) is 5.69 Å². The van der Waals surface area contributed by atoms with Gasteiger partial charge in [0.15, 0.2) is 0 Å². The van der Waals surface area contributed by atoms with Crippen LogP contribution in [0.1, 0.15) is 25.3 Å². The summed E-state index contributed by atoms with van der Waals surface area (Å²) in [6, 6.07) is 4.13. The number of sulfonamides is 2. The molecule has 3 N–H and O–H groups in total. The van der Waals surface area contributed by atoms with Crippen LogP contribution in [0, 0.1) is 6.92 Å². The summed E-state index contributed by atoms with van der Waals surface area (Å²) in [5, 5.41) is 5.03. The van der Waals surface area contributed by atoms with Crippen molar-refractivity contribution in [3.63, 3.8) is 0 Å². The second-order valence-corrected chi connectivity index (χ2v) is 7.67. The Balaban J connectivity index is 2.97. The third kappa shape index (κ3) is 4.81. The maximum absolute atomic E-state index is 11.7. The Kier molecular flexibility index (Phi) is 4.94. The summed E-state index contributed by atoms with van der Waals surface area (Å²) in [7, 11) is -7.18. The average molecular weight is 306 g/mol. The van der Waals surface area contributed by atoms with Crippen molar-refractivity contribution in [2.75, 3.05) is 10.5 Å². The lowest BCUT2D eigenvalue weighted by Crippen LogP contribution is -2.17. The van der Waals surface area contributed by atoms with Gasteiger partial charge in [-0.3, -0.25) is 4.72 Å². The first kappa shape index (κ1) is 15.9. The first-order valence-corrected chi connectivity index (χ1v) is 8.99. The molecule has 0 radical (unpaired) electrons. The Morgan fingerprint density at radius 1 is 1.21 bits per heavy atom. The van der Waals surface area contributed by atoms with Gasteiger partial charge in [0.1, 0.15) is 0 Å². The van der Waals surface area contributed by atoms with Gasteiger partial charge in [0.05, 0.1) is 10.6 Å². The lowest BCUT2D eigenvalue weighted by atomic mass is 10.2. The van der Waals surface area contributed by atoms with E-state index in [4.69, 9.17) is 5.14 Å². The number of rotatable bonds is 6. The maximum Gasteiger partial charge on any atom is 0.238 e. The van der Waals surface area contributed by atoms with Crippen molar-refractivity contribution >= 4 is 25.7 Å². The highest BCUT2D eigenvalue weighted by Crippen LogP contribution is 2.19. The Morgan fingerprint density at radius 3 is 2.32 bits per heavy atom. The first-order valence-electron chi connectivity index (χ1n) is 5.79. The number of hydrogen-bond donors (Lipinski definition) is 2. The van der Waals surface area contributed by atoms with Crippen LogP contribution in [0.5, 0.6) is 0 Å². The quantitative estimate of drug-likeness (QED) is 0.823. The number of aryl methyl sites for hydroxylation is 1. The van der Waals surface area contributed by atoms with Crippen LogP contribution in [-0.2, 0) is 20.0 Å². The van der Waals surface area contributed by atoms with Gasteiger partial charge in [-0.2, -0.15) is 0 Å². The van der Waals surface area contributed by atoms with Gasteiger partial charge in [-0.25, -0.2) is 22.0 Å². The lowest BCUT2D eigenvalue weighted by molar-refractivity contribution is 0.596.